The highest BCUT2D eigenvalue weighted by Gasteiger charge is 2.20. The Morgan fingerprint density at radius 3 is 2.00 bits per heavy atom. The minimum absolute atomic E-state index is 0.0317. The molecule has 2 aromatic rings. The zero-order chi connectivity index (χ0) is 19.4. The minimum Gasteiger partial charge on any atom is -0.459 e. The van der Waals surface area contributed by atoms with E-state index in [1.807, 2.05) is 12.1 Å². The number of rotatable bonds is 6. The molecule has 0 radical (unpaired) electrons. The summed E-state index contributed by atoms with van der Waals surface area (Å²) >= 11 is 3.34. The molecular formula is C18H20BrNO5S. The van der Waals surface area contributed by atoms with Gasteiger partial charge < -0.3 is 9.47 Å². The number of carbonyl (C=O) groups excluding carboxylic acids is 1. The average Bonchev–Trinajstić information content (AvgIpc) is 2.54. The number of nitrogens with one attached hydrogen (secondary N) is 1. The first-order valence-corrected chi connectivity index (χ1v) is 10.1. The first-order valence-electron chi connectivity index (χ1n) is 7.80. The van der Waals surface area contributed by atoms with Gasteiger partial charge in [-0.3, -0.25) is 4.79 Å². The summed E-state index contributed by atoms with van der Waals surface area (Å²) in [5.41, 5.74) is -0.672. The van der Waals surface area contributed by atoms with Crippen molar-refractivity contribution in [1.29, 1.82) is 0 Å². The van der Waals surface area contributed by atoms with Crippen molar-refractivity contribution in [1.82, 2.24) is 4.72 Å². The van der Waals surface area contributed by atoms with Gasteiger partial charge in [0.2, 0.25) is 10.0 Å². The van der Waals surface area contributed by atoms with Gasteiger partial charge in [-0.05, 0) is 69.3 Å². The normalized spacial score (nSPS) is 11.8. The van der Waals surface area contributed by atoms with Gasteiger partial charge in [0.15, 0.2) is 0 Å². The van der Waals surface area contributed by atoms with Crippen molar-refractivity contribution >= 4 is 31.9 Å². The number of carbonyl (C=O) groups is 1. The van der Waals surface area contributed by atoms with Crippen LogP contribution in [0.1, 0.15) is 20.8 Å². The number of esters is 1. The molecule has 0 aliphatic carbocycles. The summed E-state index contributed by atoms with van der Waals surface area (Å²) in [6, 6.07) is 13.2. The molecule has 26 heavy (non-hydrogen) atoms. The second-order valence-electron chi connectivity index (χ2n) is 6.44. The fraction of sp³-hybridized carbons (Fsp3) is 0.278. The topological polar surface area (TPSA) is 81.7 Å². The van der Waals surface area contributed by atoms with Gasteiger partial charge in [0.1, 0.15) is 23.6 Å². The molecule has 6 nitrogen and oxygen atoms in total. The Labute approximate surface area is 161 Å². The van der Waals surface area contributed by atoms with Gasteiger partial charge in [0.05, 0.1) is 4.90 Å². The molecular weight excluding hydrogens is 422 g/mol. The summed E-state index contributed by atoms with van der Waals surface area (Å²) in [7, 11) is -3.82. The van der Waals surface area contributed by atoms with Crippen molar-refractivity contribution in [2.24, 2.45) is 0 Å². The van der Waals surface area contributed by atoms with E-state index in [1.54, 1.807) is 45.0 Å². The predicted molar refractivity (Wildman–Crippen MR) is 102 cm³/mol. The quantitative estimate of drug-likeness (QED) is 0.688. The van der Waals surface area contributed by atoms with Gasteiger partial charge in [-0.15, -0.1) is 0 Å². The van der Waals surface area contributed by atoms with Gasteiger partial charge in [0, 0.05) is 4.47 Å². The molecule has 140 valence electrons. The summed E-state index contributed by atoms with van der Waals surface area (Å²) in [6.07, 6.45) is 0. The van der Waals surface area contributed by atoms with E-state index in [2.05, 4.69) is 20.7 Å². The van der Waals surface area contributed by atoms with Crippen molar-refractivity contribution in [2.45, 2.75) is 31.3 Å². The van der Waals surface area contributed by atoms with Crippen LogP contribution in [-0.2, 0) is 19.6 Å². The molecule has 2 rings (SSSR count). The van der Waals surface area contributed by atoms with Crippen LogP contribution in [0.5, 0.6) is 11.5 Å². The summed E-state index contributed by atoms with van der Waals surface area (Å²) in [5, 5.41) is 0. The molecule has 0 amide bonds. The number of sulfonamides is 1. The van der Waals surface area contributed by atoms with Crippen LogP contribution >= 0.6 is 15.9 Å². The van der Waals surface area contributed by atoms with E-state index >= 15 is 0 Å². The Bertz CT molecular complexity index is 856. The Morgan fingerprint density at radius 1 is 1.00 bits per heavy atom. The van der Waals surface area contributed by atoms with E-state index in [-0.39, 0.29) is 4.90 Å². The van der Waals surface area contributed by atoms with Crippen molar-refractivity contribution in [2.75, 3.05) is 6.54 Å². The third-order valence-corrected chi connectivity index (χ3v) is 4.96. The Balaban J connectivity index is 1.99. The number of hydrogen-bond acceptors (Lipinski definition) is 5. The number of halogens is 1. The van der Waals surface area contributed by atoms with Crippen LogP contribution < -0.4 is 9.46 Å². The van der Waals surface area contributed by atoms with Crippen molar-refractivity contribution < 1.29 is 22.7 Å². The molecule has 8 heteroatoms. The highest BCUT2D eigenvalue weighted by molar-refractivity contribution is 9.10. The maximum Gasteiger partial charge on any atom is 0.321 e. The van der Waals surface area contributed by atoms with Gasteiger partial charge >= 0.3 is 5.97 Å². The second-order valence-corrected chi connectivity index (χ2v) is 9.12. The highest BCUT2D eigenvalue weighted by atomic mass is 79.9. The molecule has 0 saturated heterocycles. The molecule has 0 saturated carbocycles. The van der Waals surface area contributed by atoms with Gasteiger partial charge in [-0.1, -0.05) is 15.9 Å². The number of hydrogen-bond donors (Lipinski definition) is 1. The molecule has 0 aliphatic heterocycles. The number of ether oxygens (including phenoxy) is 2. The van der Waals surface area contributed by atoms with Crippen LogP contribution in [0, 0.1) is 0 Å². The van der Waals surface area contributed by atoms with Crippen LogP contribution in [0.25, 0.3) is 0 Å². The van der Waals surface area contributed by atoms with Crippen molar-refractivity contribution in [3.05, 3.63) is 53.0 Å². The van der Waals surface area contributed by atoms with Crippen molar-refractivity contribution in [3.8, 4) is 11.5 Å². The Hall–Kier alpha value is -1.90. The van der Waals surface area contributed by atoms with Crippen LogP contribution in [0.4, 0.5) is 0 Å². The standard InChI is InChI=1S/C18H20BrNO5S/c1-18(2,3)25-17(21)12-20-26(22,23)16-10-8-15(9-11-16)24-14-6-4-13(19)5-7-14/h4-11,20H,12H2,1-3H3. The van der Waals surface area contributed by atoms with E-state index in [9.17, 15) is 13.2 Å². The Kier molecular flexibility index (Phi) is 6.44. The van der Waals surface area contributed by atoms with E-state index < -0.39 is 28.1 Å². The molecule has 2 aromatic carbocycles. The summed E-state index contributed by atoms with van der Waals surface area (Å²) in [4.78, 5) is 11.7. The number of benzene rings is 2. The van der Waals surface area contributed by atoms with Crippen LogP contribution in [0.15, 0.2) is 57.9 Å². The first kappa shape index (κ1) is 20.4. The molecule has 0 atom stereocenters. The highest BCUT2D eigenvalue weighted by Crippen LogP contribution is 2.24. The summed E-state index contributed by atoms with van der Waals surface area (Å²) < 4.78 is 38.4. The molecule has 0 fully saturated rings. The molecule has 0 spiro atoms. The lowest BCUT2D eigenvalue weighted by Crippen LogP contribution is -2.34. The Morgan fingerprint density at radius 2 is 1.50 bits per heavy atom. The summed E-state index contributed by atoms with van der Waals surface area (Å²) in [5.74, 6) is 0.488. The van der Waals surface area contributed by atoms with Gasteiger partial charge in [-0.2, -0.15) is 4.72 Å². The molecule has 1 N–H and O–H groups in total. The lowest BCUT2D eigenvalue weighted by Gasteiger charge is -2.19. The lowest BCUT2D eigenvalue weighted by molar-refractivity contribution is -0.153. The van der Waals surface area contributed by atoms with Crippen LogP contribution in [-0.4, -0.2) is 26.5 Å². The van der Waals surface area contributed by atoms with Gasteiger partial charge in [-0.25, -0.2) is 8.42 Å². The lowest BCUT2D eigenvalue weighted by atomic mass is 10.2. The largest absolute Gasteiger partial charge is 0.459 e. The predicted octanol–water partition coefficient (Wildman–Crippen LogP) is 3.86. The zero-order valence-electron chi connectivity index (χ0n) is 14.7. The molecule has 0 aromatic heterocycles. The molecule has 0 bridgehead atoms. The average molecular weight is 442 g/mol. The van der Waals surface area contributed by atoms with Crippen LogP contribution in [0.3, 0.4) is 0 Å². The third-order valence-electron chi connectivity index (χ3n) is 3.01. The monoisotopic (exact) mass is 441 g/mol. The molecule has 0 unspecified atom stereocenters. The zero-order valence-corrected chi connectivity index (χ0v) is 17.1. The van der Waals surface area contributed by atoms with Crippen LogP contribution in [0.2, 0.25) is 0 Å². The van der Waals surface area contributed by atoms with E-state index in [1.165, 1.54) is 12.1 Å². The van der Waals surface area contributed by atoms with E-state index in [4.69, 9.17) is 9.47 Å². The van der Waals surface area contributed by atoms with E-state index in [0.717, 1.165) is 4.47 Å². The smallest absolute Gasteiger partial charge is 0.321 e. The van der Waals surface area contributed by atoms with E-state index in [0.29, 0.717) is 11.5 Å². The fourth-order valence-corrected chi connectivity index (χ4v) is 3.17. The summed E-state index contributed by atoms with van der Waals surface area (Å²) in [6.45, 7) is 4.70. The maximum atomic E-state index is 12.2. The maximum absolute atomic E-state index is 12.2. The first-order chi connectivity index (χ1) is 12.0. The SMILES string of the molecule is CC(C)(C)OC(=O)CNS(=O)(=O)c1ccc(Oc2ccc(Br)cc2)cc1. The van der Waals surface area contributed by atoms with Crippen molar-refractivity contribution in [3.63, 3.8) is 0 Å². The fourth-order valence-electron chi connectivity index (χ4n) is 1.94. The van der Waals surface area contributed by atoms with Gasteiger partial charge in [0.25, 0.3) is 0 Å². The third kappa shape index (κ3) is 6.44. The molecule has 0 heterocycles. The second kappa shape index (κ2) is 8.20. The molecule has 0 aliphatic rings. The minimum atomic E-state index is -3.82.